The van der Waals surface area contributed by atoms with E-state index in [-0.39, 0.29) is 0 Å². The molecule has 4 rings (SSSR count). The van der Waals surface area contributed by atoms with Gasteiger partial charge in [0.1, 0.15) is 0 Å². The zero-order chi connectivity index (χ0) is 14.1. The van der Waals surface area contributed by atoms with Gasteiger partial charge in [-0.2, -0.15) is 0 Å². The molecule has 21 heavy (non-hydrogen) atoms. The lowest BCUT2D eigenvalue weighted by Gasteiger charge is -2.36. The van der Waals surface area contributed by atoms with E-state index >= 15 is 0 Å². The SMILES string of the molecule is C1=C[C@@H]2C[C@H]1C[C@@H]2CN1CCN(Cc2ccccn2)CC1. The quantitative estimate of drug-likeness (QED) is 0.791. The van der Waals surface area contributed by atoms with Crippen molar-refractivity contribution in [2.75, 3.05) is 32.7 Å². The molecule has 1 aliphatic heterocycles. The zero-order valence-corrected chi connectivity index (χ0v) is 12.7. The maximum atomic E-state index is 4.44. The van der Waals surface area contributed by atoms with Crippen molar-refractivity contribution in [2.45, 2.75) is 19.4 Å². The van der Waals surface area contributed by atoms with Crippen molar-refractivity contribution in [1.82, 2.24) is 14.8 Å². The summed E-state index contributed by atoms with van der Waals surface area (Å²) in [6.45, 7) is 7.16. The van der Waals surface area contributed by atoms with Gasteiger partial charge in [0, 0.05) is 45.5 Å². The van der Waals surface area contributed by atoms with Gasteiger partial charge in [-0.3, -0.25) is 9.88 Å². The summed E-state index contributed by atoms with van der Waals surface area (Å²) < 4.78 is 0. The van der Waals surface area contributed by atoms with Crippen molar-refractivity contribution in [3.8, 4) is 0 Å². The van der Waals surface area contributed by atoms with Crippen LogP contribution in [0.5, 0.6) is 0 Å². The first kappa shape index (κ1) is 13.5. The van der Waals surface area contributed by atoms with Gasteiger partial charge in [-0.25, -0.2) is 0 Å². The molecule has 1 aromatic heterocycles. The summed E-state index contributed by atoms with van der Waals surface area (Å²) in [4.78, 5) is 9.67. The molecule has 3 aliphatic rings. The van der Waals surface area contributed by atoms with Gasteiger partial charge in [0.2, 0.25) is 0 Å². The van der Waals surface area contributed by atoms with E-state index in [1.807, 2.05) is 12.3 Å². The van der Waals surface area contributed by atoms with Gasteiger partial charge in [0.25, 0.3) is 0 Å². The van der Waals surface area contributed by atoms with Crippen LogP contribution in [0, 0.1) is 17.8 Å². The van der Waals surface area contributed by atoms with Crippen LogP contribution in [-0.2, 0) is 6.54 Å². The number of piperazine rings is 1. The molecule has 2 fully saturated rings. The monoisotopic (exact) mass is 283 g/mol. The molecule has 3 heteroatoms. The number of hydrogen-bond donors (Lipinski definition) is 0. The number of hydrogen-bond acceptors (Lipinski definition) is 3. The van der Waals surface area contributed by atoms with Crippen LogP contribution in [0.2, 0.25) is 0 Å². The first-order valence-electron chi connectivity index (χ1n) is 8.40. The number of fused-ring (bicyclic) bond motifs is 2. The first-order chi connectivity index (χ1) is 10.4. The Balaban J connectivity index is 1.24. The van der Waals surface area contributed by atoms with E-state index in [1.54, 1.807) is 0 Å². The molecule has 0 aromatic carbocycles. The van der Waals surface area contributed by atoms with Gasteiger partial charge in [-0.15, -0.1) is 0 Å². The van der Waals surface area contributed by atoms with Crippen molar-refractivity contribution >= 4 is 0 Å². The molecular formula is C18H25N3. The molecule has 0 radical (unpaired) electrons. The van der Waals surface area contributed by atoms with Gasteiger partial charge in [0.05, 0.1) is 5.69 Å². The number of pyridine rings is 1. The molecule has 1 saturated heterocycles. The van der Waals surface area contributed by atoms with Crippen LogP contribution in [0.1, 0.15) is 18.5 Å². The normalized spacial score (nSPS) is 32.9. The van der Waals surface area contributed by atoms with Gasteiger partial charge < -0.3 is 4.90 Å². The highest BCUT2D eigenvalue weighted by Crippen LogP contribution is 2.43. The van der Waals surface area contributed by atoms with Crippen molar-refractivity contribution in [2.24, 2.45) is 17.8 Å². The summed E-state index contributed by atoms with van der Waals surface area (Å²) in [5, 5.41) is 0. The minimum Gasteiger partial charge on any atom is -0.300 e. The molecule has 0 unspecified atom stereocenters. The lowest BCUT2D eigenvalue weighted by molar-refractivity contribution is 0.107. The molecule has 2 aliphatic carbocycles. The van der Waals surface area contributed by atoms with Crippen molar-refractivity contribution in [3.05, 3.63) is 42.2 Å². The van der Waals surface area contributed by atoms with Crippen LogP contribution in [0.25, 0.3) is 0 Å². The van der Waals surface area contributed by atoms with E-state index < -0.39 is 0 Å². The minimum atomic E-state index is 0.890. The predicted octanol–water partition coefficient (Wildman–Crippen LogP) is 2.41. The van der Waals surface area contributed by atoms with Gasteiger partial charge >= 0.3 is 0 Å². The molecular weight excluding hydrogens is 258 g/mol. The Morgan fingerprint density at radius 2 is 1.86 bits per heavy atom. The second kappa shape index (κ2) is 5.90. The fourth-order valence-corrected chi connectivity index (χ4v) is 4.29. The van der Waals surface area contributed by atoms with Crippen LogP contribution < -0.4 is 0 Å². The second-order valence-corrected chi connectivity index (χ2v) is 6.94. The number of aromatic nitrogens is 1. The molecule has 3 nitrogen and oxygen atoms in total. The van der Waals surface area contributed by atoms with E-state index in [4.69, 9.17) is 0 Å². The summed E-state index contributed by atoms with van der Waals surface area (Å²) in [7, 11) is 0. The molecule has 0 spiro atoms. The third-order valence-electron chi connectivity index (χ3n) is 5.49. The summed E-state index contributed by atoms with van der Waals surface area (Å²) in [5.41, 5.74) is 1.20. The highest BCUT2D eigenvalue weighted by molar-refractivity contribution is 5.10. The van der Waals surface area contributed by atoms with Crippen molar-refractivity contribution in [1.29, 1.82) is 0 Å². The summed E-state index contributed by atoms with van der Waals surface area (Å²) in [6, 6.07) is 6.21. The van der Waals surface area contributed by atoms with Crippen LogP contribution in [0.4, 0.5) is 0 Å². The minimum absolute atomic E-state index is 0.890. The Kier molecular flexibility index (Phi) is 3.78. The van der Waals surface area contributed by atoms with Crippen LogP contribution in [-0.4, -0.2) is 47.5 Å². The predicted molar refractivity (Wildman–Crippen MR) is 84.8 cm³/mol. The molecule has 1 aromatic rings. The van der Waals surface area contributed by atoms with E-state index in [0.29, 0.717) is 0 Å². The maximum Gasteiger partial charge on any atom is 0.0543 e. The van der Waals surface area contributed by atoms with Gasteiger partial charge in [0.15, 0.2) is 0 Å². The van der Waals surface area contributed by atoms with Gasteiger partial charge in [-0.1, -0.05) is 18.2 Å². The summed E-state index contributed by atoms with van der Waals surface area (Å²) >= 11 is 0. The largest absolute Gasteiger partial charge is 0.300 e. The third kappa shape index (κ3) is 3.04. The lowest BCUT2D eigenvalue weighted by Crippen LogP contribution is -2.47. The van der Waals surface area contributed by atoms with Crippen molar-refractivity contribution < 1.29 is 0 Å². The highest BCUT2D eigenvalue weighted by atomic mass is 15.3. The van der Waals surface area contributed by atoms with E-state index in [2.05, 4.69) is 39.1 Å². The average molecular weight is 283 g/mol. The first-order valence-corrected chi connectivity index (χ1v) is 8.40. The highest BCUT2D eigenvalue weighted by Gasteiger charge is 2.36. The summed E-state index contributed by atoms with van der Waals surface area (Å²) in [6.07, 6.45) is 9.70. The standard InChI is InChI=1S/C18H25N3/c1-2-6-19-18(3-1)14-21-9-7-20(8-10-21)13-17-12-15-4-5-16(17)11-15/h1-6,15-17H,7-14H2/t15-,16+,17+/m0/s1. The lowest BCUT2D eigenvalue weighted by atomic mass is 9.93. The number of allylic oxidation sites excluding steroid dienone is 2. The Labute approximate surface area is 127 Å². The van der Waals surface area contributed by atoms with Crippen molar-refractivity contribution in [3.63, 3.8) is 0 Å². The summed E-state index contributed by atoms with van der Waals surface area (Å²) in [5.74, 6) is 2.73. The Morgan fingerprint density at radius 3 is 2.52 bits per heavy atom. The second-order valence-electron chi connectivity index (χ2n) is 6.94. The van der Waals surface area contributed by atoms with E-state index in [9.17, 15) is 0 Å². The number of nitrogens with zero attached hydrogens (tertiary/aromatic N) is 3. The maximum absolute atomic E-state index is 4.44. The molecule has 3 atom stereocenters. The fraction of sp³-hybridized carbons (Fsp3) is 0.611. The number of rotatable bonds is 4. The smallest absolute Gasteiger partial charge is 0.0543 e. The van der Waals surface area contributed by atoms with E-state index in [0.717, 1.165) is 24.3 Å². The van der Waals surface area contributed by atoms with Crippen LogP contribution in [0.3, 0.4) is 0 Å². The Bertz CT molecular complexity index is 490. The van der Waals surface area contributed by atoms with E-state index in [1.165, 1.54) is 51.3 Å². The van der Waals surface area contributed by atoms with Crippen LogP contribution >= 0.6 is 0 Å². The zero-order valence-electron chi connectivity index (χ0n) is 12.7. The third-order valence-corrected chi connectivity index (χ3v) is 5.49. The average Bonchev–Trinajstić information content (AvgIpc) is 3.13. The Morgan fingerprint density at radius 1 is 1.00 bits per heavy atom. The molecule has 0 amide bonds. The fourth-order valence-electron chi connectivity index (χ4n) is 4.29. The molecule has 1 saturated carbocycles. The van der Waals surface area contributed by atoms with Crippen LogP contribution in [0.15, 0.2) is 36.5 Å². The van der Waals surface area contributed by atoms with Gasteiger partial charge in [-0.05, 0) is 42.7 Å². The molecule has 112 valence electrons. The Hall–Kier alpha value is -1.19. The molecule has 2 bridgehead atoms. The topological polar surface area (TPSA) is 19.4 Å². The molecule has 0 N–H and O–H groups in total. The molecule has 2 heterocycles.